The highest BCUT2D eigenvalue weighted by molar-refractivity contribution is 5.66. The molecule has 0 bridgehead atoms. The molecule has 2 heteroatoms. The molecule has 0 spiro atoms. The van der Waals surface area contributed by atoms with Crippen LogP contribution in [0.4, 0.5) is 0 Å². The number of hydrogen-bond donors (Lipinski definition) is 0. The quantitative estimate of drug-likeness (QED) is 0.246. The molecular formula is C38H30O2. The molecule has 4 aromatic rings. The van der Waals surface area contributed by atoms with Gasteiger partial charge in [0.1, 0.15) is 12.2 Å². The van der Waals surface area contributed by atoms with Gasteiger partial charge in [-0.05, 0) is 83.3 Å². The summed E-state index contributed by atoms with van der Waals surface area (Å²) < 4.78 is 10.1. The van der Waals surface area contributed by atoms with Crippen LogP contribution in [0.3, 0.4) is 0 Å². The van der Waals surface area contributed by atoms with Crippen molar-refractivity contribution < 1.29 is 9.47 Å². The molecule has 2 nitrogen and oxygen atoms in total. The Kier molecular flexibility index (Phi) is 10.5. The van der Waals surface area contributed by atoms with Crippen molar-refractivity contribution in [3.8, 4) is 70.0 Å². The van der Waals surface area contributed by atoms with Crippen LogP contribution in [-0.4, -0.2) is 13.2 Å². The normalized spacial score (nSPS) is 9.35. The summed E-state index contributed by atoms with van der Waals surface area (Å²) in [5, 5.41) is 0. The highest BCUT2D eigenvalue weighted by Crippen LogP contribution is 2.21. The zero-order valence-electron chi connectivity index (χ0n) is 22.9. The minimum absolute atomic E-state index is 0.608. The maximum absolute atomic E-state index is 5.07. The molecule has 0 aliphatic rings. The molecule has 0 radical (unpaired) electrons. The standard InChI is InChI=1S/C38H30O2/c1-3-39-29-7-11-33-17-25-37(26-18-33)35-21-13-31(14-22-35)9-5-6-10-32-15-23-36(24-16-32)38-27-19-34(20-28-38)12-8-30-40-4-2/h13-28H,3-4,11-12H2,1-2H3. The summed E-state index contributed by atoms with van der Waals surface area (Å²) >= 11 is 0. The van der Waals surface area contributed by atoms with Gasteiger partial charge in [0.05, 0.1) is 13.2 Å². The third-order valence-electron chi connectivity index (χ3n) is 5.98. The van der Waals surface area contributed by atoms with E-state index in [0.29, 0.717) is 26.1 Å². The lowest BCUT2D eigenvalue weighted by Crippen LogP contribution is -1.84. The van der Waals surface area contributed by atoms with Crippen LogP contribution < -0.4 is 0 Å². The molecule has 40 heavy (non-hydrogen) atoms. The molecule has 0 aliphatic heterocycles. The second-order valence-corrected chi connectivity index (χ2v) is 8.83. The Morgan fingerprint density at radius 1 is 0.450 bits per heavy atom. The van der Waals surface area contributed by atoms with Gasteiger partial charge in [-0.25, -0.2) is 0 Å². The highest BCUT2D eigenvalue weighted by Gasteiger charge is 1.99. The van der Waals surface area contributed by atoms with Crippen LogP contribution in [0, 0.1) is 47.7 Å². The van der Waals surface area contributed by atoms with E-state index in [2.05, 4.69) is 121 Å². The number of rotatable bonds is 6. The molecule has 0 saturated heterocycles. The molecule has 0 amide bonds. The Bertz CT molecular complexity index is 1500. The van der Waals surface area contributed by atoms with Gasteiger partial charge in [0.2, 0.25) is 0 Å². The van der Waals surface area contributed by atoms with E-state index in [1.165, 1.54) is 11.1 Å². The average Bonchev–Trinajstić information content (AvgIpc) is 3.01. The zero-order valence-corrected chi connectivity index (χ0v) is 22.9. The average molecular weight is 519 g/mol. The largest absolute Gasteiger partial charge is 0.447 e. The Labute approximate surface area is 238 Å². The van der Waals surface area contributed by atoms with Crippen LogP contribution in [0.15, 0.2) is 97.1 Å². The molecule has 0 aliphatic carbocycles. The van der Waals surface area contributed by atoms with Crippen molar-refractivity contribution in [2.24, 2.45) is 0 Å². The second-order valence-electron chi connectivity index (χ2n) is 8.83. The molecule has 0 unspecified atom stereocenters. The van der Waals surface area contributed by atoms with E-state index in [0.717, 1.165) is 33.4 Å². The van der Waals surface area contributed by atoms with E-state index >= 15 is 0 Å². The minimum atomic E-state index is 0.608. The SMILES string of the molecule is CCOC#CCc1ccc(-c2ccc(C#CC#Cc3ccc(-c4ccc(CC#COCC)cc4)cc3)cc2)cc1. The van der Waals surface area contributed by atoms with Gasteiger partial charge in [0.15, 0.2) is 0 Å². The molecule has 4 rings (SSSR count). The lowest BCUT2D eigenvalue weighted by atomic mass is 10.0. The van der Waals surface area contributed by atoms with Gasteiger partial charge in [0.25, 0.3) is 0 Å². The maximum Gasteiger partial charge on any atom is 0.110 e. The first-order valence-corrected chi connectivity index (χ1v) is 13.3. The van der Waals surface area contributed by atoms with Crippen LogP contribution in [0.2, 0.25) is 0 Å². The molecule has 194 valence electrons. The monoisotopic (exact) mass is 518 g/mol. The molecule has 4 aromatic carbocycles. The Morgan fingerprint density at radius 3 is 1.10 bits per heavy atom. The van der Waals surface area contributed by atoms with E-state index in [1.54, 1.807) is 0 Å². The summed E-state index contributed by atoms with van der Waals surface area (Å²) in [4.78, 5) is 0. The van der Waals surface area contributed by atoms with Gasteiger partial charge in [0, 0.05) is 24.0 Å². The number of hydrogen-bond acceptors (Lipinski definition) is 2. The summed E-state index contributed by atoms with van der Waals surface area (Å²) in [6, 6.07) is 33.3. The second kappa shape index (κ2) is 15.2. The smallest absolute Gasteiger partial charge is 0.110 e. The molecule has 0 heterocycles. The summed E-state index contributed by atoms with van der Waals surface area (Å²) in [6.45, 7) is 5.07. The molecular weight excluding hydrogens is 488 g/mol. The first kappa shape index (κ1) is 27.7. The van der Waals surface area contributed by atoms with Crippen molar-refractivity contribution >= 4 is 0 Å². The van der Waals surface area contributed by atoms with Crippen LogP contribution in [0.1, 0.15) is 36.1 Å². The summed E-state index contributed by atoms with van der Waals surface area (Å²) in [7, 11) is 0. The summed E-state index contributed by atoms with van der Waals surface area (Å²) in [5.41, 5.74) is 8.81. The molecule has 0 atom stereocenters. The van der Waals surface area contributed by atoms with E-state index in [1.807, 2.05) is 38.1 Å². The van der Waals surface area contributed by atoms with Crippen LogP contribution >= 0.6 is 0 Å². The van der Waals surface area contributed by atoms with E-state index < -0.39 is 0 Å². The van der Waals surface area contributed by atoms with Gasteiger partial charge in [-0.2, -0.15) is 0 Å². The van der Waals surface area contributed by atoms with E-state index in [4.69, 9.17) is 9.47 Å². The number of benzene rings is 4. The van der Waals surface area contributed by atoms with Gasteiger partial charge in [-0.15, -0.1) is 0 Å². The maximum atomic E-state index is 5.07. The highest BCUT2D eigenvalue weighted by atomic mass is 16.5. The first-order chi connectivity index (χ1) is 19.7. The van der Waals surface area contributed by atoms with E-state index in [9.17, 15) is 0 Å². The lowest BCUT2D eigenvalue weighted by Gasteiger charge is -2.03. The van der Waals surface area contributed by atoms with Crippen LogP contribution in [0.5, 0.6) is 0 Å². The van der Waals surface area contributed by atoms with Gasteiger partial charge < -0.3 is 9.47 Å². The summed E-state index contributed by atoms with van der Waals surface area (Å²) in [6.07, 6.45) is 6.77. The predicted molar refractivity (Wildman–Crippen MR) is 164 cm³/mol. The molecule has 0 fully saturated rings. The summed E-state index contributed by atoms with van der Waals surface area (Å²) in [5.74, 6) is 18.2. The van der Waals surface area contributed by atoms with Gasteiger partial charge >= 0.3 is 0 Å². The third kappa shape index (κ3) is 8.64. The topological polar surface area (TPSA) is 18.5 Å². The fourth-order valence-electron chi connectivity index (χ4n) is 3.85. The van der Waals surface area contributed by atoms with Crippen molar-refractivity contribution in [3.63, 3.8) is 0 Å². The fourth-order valence-corrected chi connectivity index (χ4v) is 3.85. The van der Waals surface area contributed by atoms with Crippen molar-refractivity contribution in [1.82, 2.24) is 0 Å². The number of ether oxygens (including phenoxy) is 2. The zero-order chi connectivity index (χ0) is 27.8. The van der Waals surface area contributed by atoms with Crippen molar-refractivity contribution in [2.45, 2.75) is 26.7 Å². The Hall–Kier alpha value is -5.28. The third-order valence-corrected chi connectivity index (χ3v) is 5.98. The predicted octanol–water partition coefficient (Wildman–Crippen LogP) is 7.50. The molecule has 0 saturated carbocycles. The first-order valence-electron chi connectivity index (χ1n) is 13.3. The van der Waals surface area contributed by atoms with Crippen LogP contribution in [-0.2, 0) is 22.3 Å². The van der Waals surface area contributed by atoms with Crippen molar-refractivity contribution in [3.05, 3.63) is 119 Å². The lowest BCUT2D eigenvalue weighted by molar-refractivity contribution is 0.298. The fraction of sp³-hybridized carbons (Fsp3) is 0.158. The minimum Gasteiger partial charge on any atom is -0.447 e. The Balaban J connectivity index is 1.31. The van der Waals surface area contributed by atoms with E-state index in [-0.39, 0.29) is 0 Å². The molecule has 0 aromatic heterocycles. The van der Waals surface area contributed by atoms with Gasteiger partial charge in [-0.1, -0.05) is 96.5 Å². The molecule has 0 N–H and O–H groups in total. The van der Waals surface area contributed by atoms with Crippen molar-refractivity contribution in [1.29, 1.82) is 0 Å². The van der Waals surface area contributed by atoms with Crippen LogP contribution in [0.25, 0.3) is 22.3 Å². The van der Waals surface area contributed by atoms with Gasteiger partial charge in [-0.3, -0.25) is 0 Å². The Morgan fingerprint density at radius 2 is 0.775 bits per heavy atom. The van der Waals surface area contributed by atoms with Crippen molar-refractivity contribution in [2.75, 3.05) is 13.2 Å².